The Morgan fingerprint density at radius 3 is 2.55 bits per heavy atom. The van der Waals surface area contributed by atoms with Gasteiger partial charge in [-0.05, 0) is 30.3 Å². The lowest BCUT2D eigenvalue weighted by Gasteiger charge is -2.01. The Bertz CT molecular complexity index is 699. The van der Waals surface area contributed by atoms with Gasteiger partial charge in [0.1, 0.15) is 22.8 Å². The number of primary amides is 1. The summed E-state index contributed by atoms with van der Waals surface area (Å²) in [6.07, 6.45) is 2.57. The number of aromatic carboxylic acids is 1. The van der Waals surface area contributed by atoms with Crippen molar-refractivity contribution in [1.29, 1.82) is 0 Å². The van der Waals surface area contributed by atoms with Gasteiger partial charge in [0.25, 0.3) is 0 Å². The van der Waals surface area contributed by atoms with Crippen molar-refractivity contribution in [2.24, 2.45) is 5.73 Å². The van der Waals surface area contributed by atoms with Crippen LogP contribution < -0.4 is 5.73 Å². The third kappa shape index (κ3) is 2.86. The predicted molar refractivity (Wildman–Crippen MR) is 71.0 cm³/mol. The number of carboxylic acid groups (broad SMARTS) is 1. The highest BCUT2D eigenvalue weighted by molar-refractivity contribution is 5.91. The summed E-state index contributed by atoms with van der Waals surface area (Å²) >= 11 is 0. The van der Waals surface area contributed by atoms with Crippen molar-refractivity contribution in [3.63, 3.8) is 0 Å². The summed E-state index contributed by atoms with van der Waals surface area (Å²) in [7, 11) is 0. The van der Waals surface area contributed by atoms with Crippen LogP contribution in [0.15, 0.2) is 40.8 Å². The van der Waals surface area contributed by atoms with Gasteiger partial charge in [0.15, 0.2) is 0 Å². The average Bonchev–Trinajstić information content (AvgIpc) is 2.84. The highest BCUT2D eigenvalue weighted by Gasteiger charge is 2.12. The number of rotatable bonds is 4. The zero-order valence-electron chi connectivity index (χ0n) is 10.2. The molecule has 1 aromatic heterocycles. The van der Waals surface area contributed by atoms with Crippen LogP contribution >= 0.6 is 0 Å². The largest absolute Gasteiger partial charge is 0.507 e. The highest BCUT2D eigenvalue weighted by Crippen LogP contribution is 2.28. The van der Waals surface area contributed by atoms with E-state index in [4.69, 9.17) is 15.3 Å². The molecule has 0 aliphatic heterocycles. The number of amides is 1. The highest BCUT2D eigenvalue weighted by atomic mass is 16.4. The second-order valence-corrected chi connectivity index (χ2v) is 3.97. The van der Waals surface area contributed by atoms with Crippen molar-refractivity contribution in [2.75, 3.05) is 0 Å². The molecule has 20 heavy (non-hydrogen) atoms. The molecule has 0 saturated carbocycles. The molecule has 102 valence electrons. The van der Waals surface area contributed by atoms with Crippen molar-refractivity contribution in [3.8, 4) is 17.1 Å². The summed E-state index contributed by atoms with van der Waals surface area (Å²) in [6, 6.07) is 7.36. The van der Waals surface area contributed by atoms with Crippen molar-refractivity contribution >= 4 is 18.0 Å². The van der Waals surface area contributed by atoms with E-state index in [-0.39, 0.29) is 11.3 Å². The average molecular weight is 273 g/mol. The van der Waals surface area contributed by atoms with Crippen LogP contribution in [0.3, 0.4) is 0 Å². The van der Waals surface area contributed by atoms with Crippen molar-refractivity contribution in [1.82, 2.24) is 0 Å². The van der Waals surface area contributed by atoms with Crippen LogP contribution in [0.2, 0.25) is 0 Å². The molecule has 1 heterocycles. The zero-order valence-corrected chi connectivity index (χ0v) is 10.2. The fourth-order valence-electron chi connectivity index (χ4n) is 1.63. The third-order valence-corrected chi connectivity index (χ3v) is 2.55. The molecule has 4 N–H and O–H groups in total. The smallest absolute Gasteiger partial charge is 0.339 e. The summed E-state index contributed by atoms with van der Waals surface area (Å²) in [6.45, 7) is 0. The lowest BCUT2D eigenvalue weighted by atomic mass is 10.1. The van der Waals surface area contributed by atoms with Gasteiger partial charge in [-0.25, -0.2) is 4.79 Å². The Balaban J connectivity index is 2.31. The monoisotopic (exact) mass is 273 g/mol. The molecule has 0 unspecified atom stereocenters. The van der Waals surface area contributed by atoms with Crippen LogP contribution in [0.4, 0.5) is 0 Å². The SMILES string of the molecule is NC(=O)/C=C\c1ccc(-c2ccc(C(=O)O)c(O)c2)o1. The molecule has 0 aliphatic rings. The number of benzene rings is 1. The summed E-state index contributed by atoms with van der Waals surface area (Å²) in [5.41, 5.74) is 5.30. The van der Waals surface area contributed by atoms with Crippen LogP contribution in [-0.2, 0) is 4.79 Å². The zero-order chi connectivity index (χ0) is 14.7. The van der Waals surface area contributed by atoms with Crippen LogP contribution in [-0.4, -0.2) is 22.1 Å². The second kappa shape index (κ2) is 5.31. The van der Waals surface area contributed by atoms with E-state index in [2.05, 4.69) is 0 Å². The number of carbonyl (C=O) groups is 2. The summed E-state index contributed by atoms with van der Waals surface area (Å²) in [5.74, 6) is -1.30. The minimum absolute atomic E-state index is 0.186. The molecule has 6 heteroatoms. The molecule has 0 aliphatic carbocycles. The number of furan rings is 1. The molecule has 0 spiro atoms. The van der Waals surface area contributed by atoms with Crippen molar-refractivity contribution in [2.45, 2.75) is 0 Å². The van der Waals surface area contributed by atoms with Gasteiger partial charge in [-0.1, -0.05) is 6.07 Å². The first-order chi connectivity index (χ1) is 9.47. The molecular formula is C14H11NO5. The number of aromatic hydroxyl groups is 1. The van der Waals surface area contributed by atoms with Gasteiger partial charge in [0, 0.05) is 11.6 Å². The Morgan fingerprint density at radius 1 is 1.20 bits per heavy atom. The van der Waals surface area contributed by atoms with Crippen molar-refractivity contribution < 1.29 is 24.2 Å². The topological polar surface area (TPSA) is 114 Å². The summed E-state index contributed by atoms with van der Waals surface area (Å²) in [4.78, 5) is 21.4. The number of hydrogen-bond donors (Lipinski definition) is 3. The molecule has 2 rings (SSSR count). The molecule has 0 radical (unpaired) electrons. The normalized spacial score (nSPS) is 10.8. The lowest BCUT2D eigenvalue weighted by molar-refractivity contribution is -0.113. The maximum Gasteiger partial charge on any atom is 0.339 e. The Kier molecular flexibility index (Phi) is 3.56. The number of carbonyl (C=O) groups excluding carboxylic acids is 1. The molecular weight excluding hydrogens is 262 g/mol. The number of hydrogen-bond acceptors (Lipinski definition) is 4. The van der Waals surface area contributed by atoms with Crippen LogP contribution in [0.1, 0.15) is 16.1 Å². The first-order valence-corrected chi connectivity index (χ1v) is 5.61. The summed E-state index contributed by atoms with van der Waals surface area (Å²) in [5, 5.41) is 18.4. The van der Waals surface area contributed by atoms with E-state index < -0.39 is 11.9 Å². The van der Waals surface area contributed by atoms with E-state index in [1.165, 1.54) is 24.3 Å². The van der Waals surface area contributed by atoms with Gasteiger partial charge >= 0.3 is 5.97 Å². The van der Waals surface area contributed by atoms with Gasteiger partial charge in [-0.3, -0.25) is 4.79 Å². The van der Waals surface area contributed by atoms with E-state index in [0.717, 1.165) is 6.08 Å². The quantitative estimate of drug-likeness (QED) is 0.735. The maximum atomic E-state index is 10.8. The number of carboxylic acids is 1. The Morgan fingerprint density at radius 2 is 1.95 bits per heavy atom. The molecule has 1 amide bonds. The summed E-state index contributed by atoms with van der Waals surface area (Å²) < 4.78 is 5.42. The fraction of sp³-hybridized carbons (Fsp3) is 0. The van der Waals surface area contributed by atoms with Crippen LogP contribution in [0.25, 0.3) is 17.4 Å². The van der Waals surface area contributed by atoms with Gasteiger partial charge in [0.2, 0.25) is 5.91 Å². The van der Waals surface area contributed by atoms with Gasteiger partial charge in [-0.2, -0.15) is 0 Å². The fourth-order valence-corrected chi connectivity index (χ4v) is 1.63. The van der Waals surface area contributed by atoms with Crippen LogP contribution in [0.5, 0.6) is 5.75 Å². The minimum atomic E-state index is -1.21. The van der Waals surface area contributed by atoms with Crippen molar-refractivity contribution in [3.05, 3.63) is 47.7 Å². The maximum absolute atomic E-state index is 10.8. The minimum Gasteiger partial charge on any atom is -0.507 e. The molecule has 2 aromatic rings. The number of nitrogens with two attached hydrogens (primary N) is 1. The van der Waals surface area contributed by atoms with Gasteiger partial charge in [-0.15, -0.1) is 0 Å². The molecule has 0 bridgehead atoms. The third-order valence-electron chi connectivity index (χ3n) is 2.55. The first-order valence-electron chi connectivity index (χ1n) is 5.61. The standard InChI is InChI=1S/C14H11NO5/c15-13(17)6-3-9-2-5-12(20-9)8-1-4-10(14(18)19)11(16)7-8/h1-7,16H,(H2,15,17)(H,18,19)/b6-3-. The molecule has 0 fully saturated rings. The predicted octanol–water partition coefficient (Wildman–Crippen LogP) is 1.85. The van der Waals surface area contributed by atoms with E-state index in [1.807, 2.05) is 0 Å². The number of phenols is 1. The van der Waals surface area contributed by atoms with Gasteiger partial charge < -0.3 is 20.4 Å². The first kappa shape index (κ1) is 13.4. The molecule has 1 aromatic carbocycles. The molecule has 0 saturated heterocycles. The van der Waals surface area contributed by atoms with E-state index in [0.29, 0.717) is 17.1 Å². The van der Waals surface area contributed by atoms with Crippen LogP contribution in [0, 0.1) is 0 Å². The van der Waals surface area contributed by atoms with E-state index in [1.54, 1.807) is 12.1 Å². The van der Waals surface area contributed by atoms with Gasteiger partial charge in [0.05, 0.1) is 0 Å². The molecule has 6 nitrogen and oxygen atoms in total. The Labute approximate surface area is 113 Å². The van der Waals surface area contributed by atoms with E-state index in [9.17, 15) is 14.7 Å². The van der Waals surface area contributed by atoms with E-state index >= 15 is 0 Å². The molecule has 0 atom stereocenters. The lowest BCUT2D eigenvalue weighted by Crippen LogP contribution is -2.04. The second-order valence-electron chi connectivity index (χ2n) is 3.97. The Hall–Kier alpha value is -3.02.